The Morgan fingerprint density at radius 1 is 1.30 bits per heavy atom. The predicted molar refractivity (Wildman–Crippen MR) is 73.5 cm³/mol. The van der Waals surface area contributed by atoms with E-state index < -0.39 is 18.0 Å². The fourth-order valence-corrected chi connectivity index (χ4v) is 1.61. The average Bonchev–Trinajstić information content (AvgIpc) is 2.44. The predicted octanol–water partition coefficient (Wildman–Crippen LogP) is 1.78. The van der Waals surface area contributed by atoms with Crippen molar-refractivity contribution in [3.05, 3.63) is 23.8 Å². The number of esters is 2. The normalized spacial score (nSPS) is 11.6. The summed E-state index contributed by atoms with van der Waals surface area (Å²) in [7, 11) is 1.44. The van der Waals surface area contributed by atoms with E-state index in [9.17, 15) is 9.59 Å². The number of anilines is 1. The molecular formula is C14H19NO5. The van der Waals surface area contributed by atoms with Gasteiger partial charge in [-0.15, -0.1) is 0 Å². The van der Waals surface area contributed by atoms with E-state index in [2.05, 4.69) is 0 Å². The lowest BCUT2D eigenvalue weighted by molar-refractivity contribution is -0.153. The molecule has 2 N–H and O–H groups in total. The number of nitrogens with two attached hydrogens (primary N) is 1. The first-order valence-corrected chi connectivity index (χ1v) is 6.34. The lowest BCUT2D eigenvalue weighted by atomic mass is 10.1. The van der Waals surface area contributed by atoms with Crippen molar-refractivity contribution >= 4 is 17.6 Å². The molecule has 20 heavy (non-hydrogen) atoms. The number of hydrogen-bond donors (Lipinski definition) is 1. The zero-order valence-corrected chi connectivity index (χ0v) is 11.8. The lowest BCUT2D eigenvalue weighted by Crippen LogP contribution is -2.28. The van der Waals surface area contributed by atoms with Crippen LogP contribution >= 0.6 is 0 Å². The molecule has 1 aromatic rings. The van der Waals surface area contributed by atoms with E-state index in [0.717, 1.165) is 0 Å². The Morgan fingerprint density at radius 2 is 2.00 bits per heavy atom. The molecule has 110 valence electrons. The maximum atomic E-state index is 12.1. The van der Waals surface area contributed by atoms with E-state index >= 15 is 0 Å². The van der Waals surface area contributed by atoms with E-state index in [1.807, 2.05) is 0 Å². The van der Waals surface area contributed by atoms with Crippen molar-refractivity contribution in [2.45, 2.75) is 26.4 Å². The second kappa shape index (κ2) is 7.37. The van der Waals surface area contributed by atoms with Crippen LogP contribution in [0.1, 0.15) is 30.6 Å². The number of rotatable bonds is 6. The molecule has 0 aliphatic rings. The third-order valence-electron chi connectivity index (χ3n) is 2.61. The number of carbonyl (C=O) groups is 2. The molecule has 0 radical (unpaired) electrons. The van der Waals surface area contributed by atoms with E-state index in [4.69, 9.17) is 19.9 Å². The minimum atomic E-state index is -0.936. The van der Waals surface area contributed by atoms with Gasteiger partial charge in [0.05, 0.1) is 13.7 Å². The summed E-state index contributed by atoms with van der Waals surface area (Å²) in [4.78, 5) is 23.7. The molecule has 0 aromatic heterocycles. The average molecular weight is 281 g/mol. The maximum Gasteiger partial charge on any atom is 0.347 e. The van der Waals surface area contributed by atoms with Crippen molar-refractivity contribution in [3.63, 3.8) is 0 Å². The molecule has 0 bridgehead atoms. The summed E-state index contributed by atoms with van der Waals surface area (Å²) in [5.41, 5.74) is 6.22. The Labute approximate surface area is 117 Å². The summed E-state index contributed by atoms with van der Waals surface area (Å²) >= 11 is 0. The highest BCUT2D eigenvalue weighted by Crippen LogP contribution is 2.22. The van der Waals surface area contributed by atoms with Gasteiger partial charge in [-0.1, -0.05) is 6.92 Å². The minimum absolute atomic E-state index is 0.176. The highest BCUT2D eigenvalue weighted by atomic mass is 16.6. The summed E-state index contributed by atoms with van der Waals surface area (Å²) in [5.74, 6) is -0.900. The van der Waals surface area contributed by atoms with Gasteiger partial charge in [-0.05, 0) is 31.5 Å². The lowest BCUT2D eigenvalue weighted by Gasteiger charge is -2.16. The number of benzene rings is 1. The van der Waals surface area contributed by atoms with Crippen LogP contribution < -0.4 is 10.5 Å². The third-order valence-corrected chi connectivity index (χ3v) is 2.61. The second-order valence-corrected chi connectivity index (χ2v) is 4.01. The molecule has 6 heteroatoms. The van der Waals surface area contributed by atoms with Gasteiger partial charge >= 0.3 is 11.9 Å². The fraction of sp³-hybridized carbons (Fsp3) is 0.429. The minimum Gasteiger partial charge on any atom is -0.496 e. The van der Waals surface area contributed by atoms with Crippen LogP contribution in [0.4, 0.5) is 5.69 Å². The maximum absolute atomic E-state index is 12.1. The second-order valence-electron chi connectivity index (χ2n) is 4.01. The highest BCUT2D eigenvalue weighted by Gasteiger charge is 2.24. The molecule has 0 saturated carbocycles. The number of methoxy groups -OCH3 is 1. The van der Waals surface area contributed by atoms with Crippen LogP contribution in [-0.2, 0) is 14.3 Å². The van der Waals surface area contributed by atoms with Crippen LogP contribution in [0.3, 0.4) is 0 Å². The first-order valence-electron chi connectivity index (χ1n) is 6.34. The van der Waals surface area contributed by atoms with Crippen molar-refractivity contribution in [1.82, 2.24) is 0 Å². The van der Waals surface area contributed by atoms with Crippen molar-refractivity contribution in [2.75, 3.05) is 19.5 Å². The van der Waals surface area contributed by atoms with E-state index in [1.54, 1.807) is 26.0 Å². The summed E-state index contributed by atoms with van der Waals surface area (Å²) in [6.07, 6.45) is -0.608. The van der Waals surface area contributed by atoms with Gasteiger partial charge in [0.15, 0.2) is 6.10 Å². The van der Waals surface area contributed by atoms with Crippen molar-refractivity contribution in [2.24, 2.45) is 0 Å². The Bertz CT molecular complexity index is 486. The number of carbonyl (C=O) groups excluding carboxylic acids is 2. The molecular weight excluding hydrogens is 262 g/mol. The topological polar surface area (TPSA) is 87.9 Å². The molecule has 1 unspecified atom stereocenters. The fourth-order valence-electron chi connectivity index (χ4n) is 1.61. The molecule has 1 aromatic carbocycles. The molecule has 0 aliphatic carbocycles. The Morgan fingerprint density at radius 3 is 2.55 bits per heavy atom. The molecule has 6 nitrogen and oxygen atoms in total. The van der Waals surface area contributed by atoms with Gasteiger partial charge in [-0.25, -0.2) is 9.59 Å². The number of hydrogen-bond acceptors (Lipinski definition) is 6. The molecule has 0 heterocycles. The molecule has 1 rings (SSSR count). The number of ether oxygens (including phenoxy) is 3. The van der Waals surface area contributed by atoms with Crippen LogP contribution in [0, 0.1) is 0 Å². The third kappa shape index (κ3) is 3.88. The highest BCUT2D eigenvalue weighted by molar-refractivity contribution is 5.95. The van der Waals surface area contributed by atoms with Crippen molar-refractivity contribution in [3.8, 4) is 5.75 Å². The van der Waals surface area contributed by atoms with Crippen LogP contribution in [0.2, 0.25) is 0 Å². The summed E-state index contributed by atoms with van der Waals surface area (Å²) < 4.78 is 15.1. The van der Waals surface area contributed by atoms with Gasteiger partial charge in [0.2, 0.25) is 0 Å². The van der Waals surface area contributed by atoms with Crippen LogP contribution in [0.5, 0.6) is 5.75 Å². The van der Waals surface area contributed by atoms with Gasteiger partial charge in [0.1, 0.15) is 11.3 Å². The zero-order chi connectivity index (χ0) is 15.1. The van der Waals surface area contributed by atoms with Gasteiger partial charge in [0.25, 0.3) is 0 Å². The van der Waals surface area contributed by atoms with Crippen molar-refractivity contribution < 1.29 is 23.8 Å². The smallest absolute Gasteiger partial charge is 0.347 e. The molecule has 0 saturated heterocycles. The monoisotopic (exact) mass is 281 g/mol. The van der Waals surface area contributed by atoms with E-state index in [-0.39, 0.29) is 12.2 Å². The van der Waals surface area contributed by atoms with Gasteiger partial charge in [-0.3, -0.25) is 0 Å². The van der Waals surface area contributed by atoms with E-state index in [0.29, 0.717) is 17.9 Å². The Kier molecular flexibility index (Phi) is 5.83. The SMILES string of the molecule is CCOC(=O)C(CC)OC(=O)c1cc(N)ccc1OC. The largest absolute Gasteiger partial charge is 0.496 e. The molecule has 1 atom stereocenters. The summed E-state index contributed by atoms with van der Waals surface area (Å²) in [6, 6.07) is 4.62. The van der Waals surface area contributed by atoms with Gasteiger partial charge in [-0.2, -0.15) is 0 Å². The van der Waals surface area contributed by atoms with Crippen LogP contribution in [0.15, 0.2) is 18.2 Å². The van der Waals surface area contributed by atoms with Gasteiger partial charge < -0.3 is 19.9 Å². The zero-order valence-electron chi connectivity index (χ0n) is 11.8. The van der Waals surface area contributed by atoms with Gasteiger partial charge in [0, 0.05) is 5.69 Å². The Hall–Kier alpha value is -2.24. The first-order chi connectivity index (χ1) is 9.53. The van der Waals surface area contributed by atoms with Crippen LogP contribution in [0.25, 0.3) is 0 Å². The molecule has 0 spiro atoms. The Balaban J connectivity index is 2.89. The quantitative estimate of drug-likeness (QED) is 0.631. The molecule has 0 fully saturated rings. The molecule has 0 amide bonds. The first kappa shape index (κ1) is 15.8. The standard InChI is InChI=1S/C14H19NO5/c1-4-11(14(17)19-5-2)20-13(16)10-8-9(15)6-7-12(10)18-3/h6-8,11H,4-5,15H2,1-3H3. The van der Waals surface area contributed by atoms with Crippen molar-refractivity contribution in [1.29, 1.82) is 0 Å². The molecule has 0 aliphatic heterocycles. The number of nitrogen functional groups attached to an aromatic ring is 1. The van der Waals surface area contributed by atoms with E-state index in [1.165, 1.54) is 13.2 Å². The summed E-state index contributed by atoms with van der Waals surface area (Å²) in [5, 5.41) is 0. The summed E-state index contributed by atoms with van der Waals surface area (Å²) in [6.45, 7) is 3.65. The van der Waals surface area contributed by atoms with Crippen LogP contribution in [-0.4, -0.2) is 31.8 Å².